The molecule has 1 N–H and O–H groups in total. The Labute approximate surface area is 185 Å². The molecule has 32 heavy (non-hydrogen) atoms. The van der Waals surface area contributed by atoms with Gasteiger partial charge in [0.25, 0.3) is 5.91 Å². The molecule has 156 valence electrons. The number of para-hydroxylation sites is 1. The molecule has 6 rings (SSSR count). The molecule has 0 saturated carbocycles. The largest absolute Gasteiger partial charge is 0.330 e. The average molecular weight is 419 g/mol. The monoisotopic (exact) mass is 419 g/mol. The van der Waals surface area contributed by atoms with E-state index in [-0.39, 0.29) is 17.9 Å². The van der Waals surface area contributed by atoms with Crippen molar-refractivity contribution < 1.29 is 9.59 Å². The lowest BCUT2D eigenvalue weighted by molar-refractivity contribution is -0.119. The first-order chi connectivity index (χ1) is 15.7. The summed E-state index contributed by atoms with van der Waals surface area (Å²) in [5.41, 5.74) is 5.18. The van der Waals surface area contributed by atoms with E-state index in [1.54, 1.807) is 6.20 Å². The Kier molecular flexibility index (Phi) is 4.28. The van der Waals surface area contributed by atoms with Crippen LogP contribution >= 0.6 is 0 Å². The molecule has 4 aromatic rings. The zero-order valence-corrected chi connectivity index (χ0v) is 17.4. The molecule has 5 nitrogen and oxygen atoms in total. The summed E-state index contributed by atoms with van der Waals surface area (Å²) in [5.74, 6) is -0.637. The van der Waals surface area contributed by atoms with Crippen LogP contribution in [0, 0.1) is 0 Å². The number of carbonyl (C=O) groups excluding carboxylic acids is 2. The highest BCUT2D eigenvalue weighted by molar-refractivity contribution is 6.05. The molecule has 2 aliphatic heterocycles. The van der Waals surface area contributed by atoms with Crippen LogP contribution in [-0.2, 0) is 11.2 Å². The van der Waals surface area contributed by atoms with E-state index in [0.29, 0.717) is 17.8 Å². The van der Waals surface area contributed by atoms with Gasteiger partial charge in [-0.05, 0) is 41.3 Å². The molecule has 0 aliphatic carbocycles. The van der Waals surface area contributed by atoms with E-state index in [2.05, 4.69) is 16.4 Å². The summed E-state index contributed by atoms with van der Waals surface area (Å²) < 4.78 is 0. The molecule has 5 heteroatoms. The number of aromatic nitrogens is 1. The minimum atomic E-state index is -0.503. The predicted molar refractivity (Wildman–Crippen MR) is 123 cm³/mol. The first-order valence-corrected chi connectivity index (χ1v) is 10.8. The van der Waals surface area contributed by atoms with Crippen LogP contribution < -0.4 is 5.32 Å². The number of hydrogen-bond acceptors (Lipinski definition) is 3. The highest BCUT2D eigenvalue weighted by atomic mass is 16.2. The van der Waals surface area contributed by atoms with E-state index in [4.69, 9.17) is 0 Å². The van der Waals surface area contributed by atoms with Gasteiger partial charge in [0.1, 0.15) is 0 Å². The predicted octanol–water partition coefficient (Wildman–Crippen LogP) is 4.71. The van der Waals surface area contributed by atoms with Gasteiger partial charge >= 0.3 is 0 Å². The van der Waals surface area contributed by atoms with Crippen molar-refractivity contribution in [3.05, 3.63) is 107 Å². The summed E-state index contributed by atoms with van der Waals surface area (Å²) >= 11 is 0. The summed E-state index contributed by atoms with van der Waals surface area (Å²) in [7, 11) is 0. The first kappa shape index (κ1) is 18.8. The molecule has 2 aliphatic rings. The van der Waals surface area contributed by atoms with Gasteiger partial charge in [-0.25, -0.2) is 0 Å². The minimum Gasteiger partial charge on any atom is -0.330 e. The van der Waals surface area contributed by atoms with Crippen LogP contribution in [0.25, 0.3) is 10.9 Å². The SMILES string of the molecule is O=C(Nc1cnc2ccccc2c1)[C@H]1c2ccccc2C(=O)N2CCc3ccccc3[C@@H]12. The Morgan fingerprint density at radius 2 is 1.69 bits per heavy atom. The average Bonchev–Trinajstić information content (AvgIpc) is 2.84. The summed E-state index contributed by atoms with van der Waals surface area (Å²) in [6.07, 6.45) is 2.48. The highest BCUT2D eigenvalue weighted by Crippen LogP contribution is 2.46. The van der Waals surface area contributed by atoms with Gasteiger partial charge < -0.3 is 10.2 Å². The van der Waals surface area contributed by atoms with E-state index < -0.39 is 5.92 Å². The van der Waals surface area contributed by atoms with Crippen molar-refractivity contribution in [2.75, 3.05) is 11.9 Å². The fourth-order valence-corrected chi connectivity index (χ4v) is 5.12. The number of rotatable bonds is 2. The number of benzene rings is 3. The molecule has 0 saturated heterocycles. The van der Waals surface area contributed by atoms with Crippen molar-refractivity contribution in [1.82, 2.24) is 9.88 Å². The number of anilines is 1. The molecule has 2 amide bonds. The van der Waals surface area contributed by atoms with Crippen molar-refractivity contribution >= 4 is 28.4 Å². The highest BCUT2D eigenvalue weighted by Gasteiger charge is 2.46. The van der Waals surface area contributed by atoms with Crippen molar-refractivity contribution in [3.8, 4) is 0 Å². The molecular weight excluding hydrogens is 398 g/mol. The minimum absolute atomic E-state index is 0.00322. The lowest BCUT2D eigenvalue weighted by Crippen LogP contribution is -2.49. The second-order valence-corrected chi connectivity index (χ2v) is 8.36. The summed E-state index contributed by atoms with van der Waals surface area (Å²) in [6.45, 7) is 0.607. The number of nitrogens with zero attached hydrogens (tertiary/aromatic N) is 2. The lowest BCUT2D eigenvalue weighted by Gasteiger charge is -2.45. The third-order valence-electron chi connectivity index (χ3n) is 6.57. The van der Waals surface area contributed by atoms with E-state index in [1.807, 2.05) is 77.7 Å². The number of nitrogens with one attached hydrogen (secondary N) is 1. The summed E-state index contributed by atoms with van der Waals surface area (Å²) in [6, 6.07) is 25.1. The quantitative estimate of drug-likeness (QED) is 0.512. The van der Waals surface area contributed by atoms with E-state index in [9.17, 15) is 9.59 Å². The maximum absolute atomic E-state index is 13.8. The number of carbonyl (C=O) groups is 2. The van der Waals surface area contributed by atoms with Crippen LogP contribution in [0.15, 0.2) is 85.1 Å². The smallest absolute Gasteiger partial charge is 0.254 e. The number of hydrogen-bond donors (Lipinski definition) is 1. The number of amides is 2. The molecule has 0 bridgehead atoms. The Hall–Kier alpha value is -3.99. The Bertz CT molecular complexity index is 1380. The second-order valence-electron chi connectivity index (χ2n) is 8.36. The number of pyridine rings is 1. The van der Waals surface area contributed by atoms with Crippen LogP contribution in [0.5, 0.6) is 0 Å². The topological polar surface area (TPSA) is 62.3 Å². The fraction of sp³-hybridized carbons (Fsp3) is 0.148. The zero-order chi connectivity index (χ0) is 21.7. The normalized spacial score (nSPS) is 19.1. The molecule has 3 aromatic carbocycles. The Morgan fingerprint density at radius 3 is 2.59 bits per heavy atom. The second kappa shape index (κ2) is 7.31. The first-order valence-electron chi connectivity index (χ1n) is 10.8. The van der Waals surface area contributed by atoms with Crippen molar-refractivity contribution in [1.29, 1.82) is 0 Å². The maximum Gasteiger partial charge on any atom is 0.254 e. The standard InChI is InChI=1S/C27H21N3O2/c31-26(29-19-15-18-8-2-6-12-23(18)28-16-19)24-21-10-4-5-11-22(21)27(32)30-14-13-17-7-1-3-9-20(17)25(24)30/h1-12,15-16,24-25H,13-14H2,(H,29,31)/t24-,25-/m0/s1. The van der Waals surface area contributed by atoms with Crippen molar-refractivity contribution in [2.24, 2.45) is 0 Å². The summed E-state index contributed by atoms with van der Waals surface area (Å²) in [4.78, 5) is 33.4. The lowest BCUT2D eigenvalue weighted by atomic mass is 9.76. The van der Waals surface area contributed by atoms with Gasteiger partial charge in [-0.1, -0.05) is 60.7 Å². The van der Waals surface area contributed by atoms with Gasteiger partial charge in [-0.15, -0.1) is 0 Å². The molecule has 1 aromatic heterocycles. The van der Waals surface area contributed by atoms with Gasteiger partial charge in [0.05, 0.1) is 29.4 Å². The van der Waals surface area contributed by atoms with Crippen LogP contribution in [-0.4, -0.2) is 28.2 Å². The molecule has 0 radical (unpaired) electrons. The molecule has 0 unspecified atom stereocenters. The molecule has 2 atom stereocenters. The van der Waals surface area contributed by atoms with Gasteiger partial charge in [0.15, 0.2) is 0 Å². The molecule has 0 fully saturated rings. The Balaban J connectivity index is 1.45. The molecule has 3 heterocycles. The van der Waals surface area contributed by atoms with Crippen LogP contribution in [0.3, 0.4) is 0 Å². The number of fused-ring (bicyclic) bond motifs is 5. The van der Waals surface area contributed by atoms with E-state index in [0.717, 1.165) is 28.5 Å². The van der Waals surface area contributed by atoms with Gasteiger partial charge in [0, 0.05) is 17.5 Å². The maximum atomic E-state index is 13.8. The van der Waals surface area contributed by atoms with E-state index >= 15 is 0 Å². The molecule has 0 spiro atoms. The van der Waals surface area contributed by atoms with Gasteiger partial charge in [-0.2, -0.15) is 0 Å². The fourth-order valence-electron chi connectivity index (χ4n) is 5.12. The Morgan fingerprint density at radius 1 is 0.938 bits per heavy atom. The summed E-state index contributed by atoms with van der Waals surface area (Å²) in [5, 5.41) is 4.05. The van der Waals surface area contributed by atoms with Crippen molar-refractivity contribution in [2.45, 2.75) is 18.4 Å². The van der Waals surface area contributed by atoms with Crippen LogP contribution in [0.4, 0.5) is 5.69 Å². The van der Waals surface area contributed by atoms with Crippen LogP contribution in [0.2, 0.25) is 0 Å². The van der Waals surface area contributed by atoms with Crippen molar-refractivity contribution in [3.63, 3.8) is 0 Å². The third-order valence-corrected chi connectivity index (χ3v) is 6.57. The van der Waals surface area contributed by atoms with Gasteiger partial charge in [0.2, 0.25) is 5.91 Å². The van der Waals surface area contributed by atoms with Crippen LogP contribution in [0.1, 0.15) is 39.0 Å². The third kappa shape index (κ3) is 2.89. The zero-order valence-electron chi connectivity index (χ0n) is 17.4. The van der Waals surface area contributed by atoms with E-state index in [1.165, 1.54) is 5.56 Å². The van der Waals surface area contributed by atoms with Gasteiger partial charge in [-0.3, -0.25) is 14.6 Å². The molecular formula is C27H21N3O2.